The van der Waals surface area contributed by atoms with Gasteiger partial charge in [-0.2, -0.15) is 0 Å². The van der Waals surface area contributed by atoms with Gasteiger partial charge in [-0.25, -0.2) is 9.78 Å². The highest BCUT2D eigenvalue weighted by Gasteiger charge is 2.35. The molecule has 0 spiro atoms. The number of pyridine rings is 1. The van der Waals surface area contributed by atoms with Crippen LogP contribution in [0, 0.1) is 5.92 Å². The number of anilines is 1. The summed E-state index contributed by atoms with van der Waals surface area (Å²) in [5.74, 6) is 0.505. The largest absolute Gasteiger partial charge is 0.480 e. The molecule has 0 radical (unpaired) electrons. The molecule has 2 rings (SSSR count). The fraction of sp³-hybridized carbons (Fsp3) is 0.533. The topological polar surface area (TPSA) is 68.7 Å². The summed E-state index contributed by atoms with van der Waals surface area (Å²) in [5, 5.41) is 0. The lowest BCUT2D eigenvalue weighted by molar-refractivity contribution is -0.146. The van der Waals surface area contributed by atoms with E-state index in [-0.39, 0.29) is 12.5 Å². The van der Waals surface area contributed by atoms with Crippen LogP contribution < -0.4 is 9.64 Å². The van der Waals surface area contributed by atoms with Gasteiger partial charge in [0.1, 0.15) is 10.6 Å². The van der Waals surface area contributed by atoms with Gasteiger partial charge in [-0.05, 0) is 47.3 Å². The molecule has 2 heterocycles. The van der Waals surface area contributed by atoms with E-state index in [9.17, 15) is 9.59 Å². The second-order valence-electron chi connectivity index (χ2n) is 5.53. The predicted molar refractivity (Wildman–Crippen MR) is 84.8 cm³/mol. The van der Waals surface area contributed by atoms with Gasteiger partial charge in [0.05, 0.1) is 6.61 Å². The molecule has 1 aliphatic heterocycles. The number of ether oxygens (including phenoxy) is 2. The molecule has 0 aromatic carbocycles. The quantitative estimate of drug-likeness (QED) is 0.588. The molecule has 1 amide bonds. The van der Waals surface area contributed by atoms with Crippen molar-refractivity contribution in [3.8, 4) is 5.75 Å². The Morgan fingerprint density at radius 2 is 2.18 bits per heavy atom. The Kier molecular flexibility index (Phi) is 5.39. The van der Waals surface area contributed by atoms with E-state index in [0.717, 1.165) is 6.42 Å². The summed E-state index contributed by atoms with van der Waals surface area (Å²) in [6, 6.07) is 2.69. The molecular weight excluding hydrogens is 352 g/mol. The molecule has 120 valence electrons. The van der Waals surface area contributed by atoms with E-state index in [0.29, 0.717) is 28.7 Å². The molecule has 0 saturated carbocycles. The molecule has 1 atom stereocenters. The third kappa shape index (κ3) is 3.76. The van der Waals surface area contributed by atoms with E-state index < -0.39 is 12.0 Å². The molecule has 1 unspecified atom stereocenters. The van der Waals surface area contributed by atoms with Crippen LogP contribution in [0.3, 0.4) is 0 Å². The zero-order valence-corrected chi connectivity index (χ0v) is 14.4. The molecule has 22 heavy (non-hydrogen) atoms. The number of nitrogens with zero attached hydrogens (tertiary/aromatic N) is 2. The van der Waals surface area contributed by atoms with Crippen molar-refractivity contribution in [3.05, 3.63) is 16.7 Å². The maximum atomic E-state index is 12.2. The molecule has 1 aromatic heterocycles. The molecule has 1 aliphatic rings. The number of carbonyl (C=O) groups excluding carboxylic acids is 2. The van der Waals surface area contributed by atoms with E-state index in [1.54, 1.807) is 19.1 Å². The van der Waals surface area contributed by atoms with E-state index in [4.69, 9.17) is 9.47 Å². The van der Waals surface area contributed by atoms with Crippen LogP contribution in [0.25, 0.3) is 0 Å². The summed E-state index contributed by atoms with van der Waals surface area (Å²) in [7, 11) is 0. The minimum absolute atomic E-state index is 0.111. The highest BCUT2D eigenvalue weighted by molar-refractivity contribution is 9.10. The molecule has 6 nitrogen and oxygen atoms in total. The first kappa shape index (κ1) is 16.7. The standard InChI is InChI=1S/C15H19BrN2O4/c1-9(2)6-7-21-15(20)10(3)18-13(19)8-22-11-4-5-12(16)17-14(11)18/h4-5,9-10H,6-8H2,1-3H3. The van der Waals surface area contributed by atoms with E-state index in [2.05, 4.69) is 34.8 Å². The first-order valence-corrected chi connectivity index (χ1v) is 7.97. The van der Waals surface area contributed by atoms with Crippen LogP contribution in [-0.2, 0) is 14.3 Å². The first-order valence-electron chi connectivity index (χ1n) is 7.18. The van der Waals surface area contributed by atoms with Crippen LogP contribution in [0.1, 0.15) is 27.2 Å². The molecule has 7 heteroatoms. The zero-order chi connectivity index (χ0) is 16.3. The maximum absolute atomic E-state index is 12.2. The van der Waals surface area contributed by atoms with Crippen LogP contribution in [0.2, 0.25) is 0 Å². The molecule has 0 saturated heterocycles. The van der Waals surface area contributed by atoms with Gasteiger partial charge in [0.25, 0.3) is 5.91 Å². The van der Waals surface area contributed by atoms with Crippen molar-refractivity contribution in [3.63, 3.8) is 0 Å². The number of hydrogen-bond acceptors (Lipinski definition) is 5. The highest BCUT2D eigenvalue weighted by Crippen LogP contribution is 2.32. The number of fused-ring (bicyclic) bond motifs is 1. The van der Waals surface area contributed by atoms with Crippen molar-refractivity contribution in [1.82, 2.24) is 4.98 Å². The van der Waals surface area contributed by atoms with Gasteiger partial charge in [0, 0.05) is 0 Å². The fourth-order valence-electron chi connectivity index (χ4n) is 2.05. The molecule has 0 N–H and O–H groups in total. The third-order valence-corrected chi connectivity index (χ3v) is 3.76. The predicted octanol–water partition coefficient (Wildman–Crippen LogP) is 2.55. The lowest BCUT2D eigenvalue weighted by Crippen LogP contribution is -2.49. The van der Waals surface area contributed by atoms with E-state index in [1.807, 2.05) is 0 Å². The average Bonchev–Trinajstić information content (AvgIpc) is 2.45. The monoisotopic (exact) mass is 370 g/mol. The number of aromatic nitrogens is 1. The Morgan fingerprint density at radius 1 is 1.45 bits per heavy atom. The molecule has 0 bridgehead atoms. The number of esters is 1. The maximum Gasteiger partial charge on any atom is 0.329 e. The Balaban J connectivity index is 2.15. The minimum Gasteiger partial charge on any atom is -0.480 e. The van der Waals surface area contributed by atoms with Gasteiger partial charge in [-0.1, -0.05) is 13.8 Å². The molecule has 0 aliphatic carbocycles. The first-order chi connectivity index (χ1) is 10.4. The van der Waals surface area contributed by atoms with Crippen molar-refractivity contribution in [2.75, 3.05) is 18.1 Å². The average molecular weight is 371 g/mol. The number of hydrogen-bond donors (Lipinski definition) is 0. The second kappa shape index (κ2) is 7.09. The number of rotatable bonds is 5. The number of halogens is 1. The molecular formula is C15H19BrN2O4. The number of amides is 1. The summed E-state index contributed by atoms with van der Waals surface area (Å²) in [5.41, 5.74) is 0. The van der Waals surface area contributed by atoms with Crippen LogP contribution in [-0.4, -0.2) is 36.1 Å². The Morgan fingerprint density at radius 3 is 2.86 bits per heavy atom. The lowest BCUT2D eigenvalue weighted by Gasteiger charge is -2.31. The van der Waals surface area contributed by atoms with Gasteiger partial charge in [0.2, 0.25) is 0 Å². The Hall–Kier alpha value is -1.63. The lowest BCUT2D eigenvalue weighted by atomic mass is 10.1. The summed E-state index contributed by atoms with van der Waals surface area (Å²) in [6.07, 6.45) is 0.788. The molecule has 1 aromatic rings. The van der Waals surface area contributed by atoms with Crippen molar-refractivity contribution < 1.29 is 19.1 Å². The normalized spacial score (nSPS) is 15.3. The van der Waals surface area contributed by atoms with Crippen molar-refractivity contribution in [1.29, 1.82) is 0 Å². The van der Waals surface area contributed by atoms with E-state index >= 15 is 0 Å². The smallest absolute Gasteiger partial charge is 0.329 e. The summed E-state index contributed by atoms with van der Waals surface area (Å²) >= 11 is 3.26. The van der Waals surface area contributed by atoms with Crippen LogP contribution in [0.5, 0.6) is 5.75 Å². The van der Waals surface area contributed by atoms with Crippen LogP contribution >= 0.6 is 15.9 Å². The van der Waals surface area contributed by atoms with Gasteiger partial charge in [-0.3, -0.25) is 9.69 Å². The molecule has 0 fully saturated rings. The Labute approximate surface area is 137 Å². The summed E-state index contributed by atoms with van der Waals surface area (Å²) in [6.45, 7) is 5.98. The van der Waals surface area contributed by atoms with Gasteiger partial charge >= 0.3 is 5.97 Å². The third-order valence-electron chi connectivity index (χ3n) is 3.32. The Bertz CT molecular complexity index is 577. The van der Waals surface area contributed by atoms with Crippen molar-refractivity contribution in [2.24, 2.45) is 5.92 Å². The van der Waals surface area contributed by atoms with Crippen molar-refractivity contribution in [2.45, 2.75) is 33.2 Å². The minimum atomic E-state index is -0.746. The second-order valence-corrected chi connectivity index (χ2v) is 6.35. The number of carbonyl (C=O) groups is 2. The van der Waals surface area contributed by atoms with Gasteiger partial charge in [0.15, 0.2) is 18.2 Å². The van der Waals surface area contributed by atoms with Gasteiger partial charge in [-0.15, -0.1) is 0 Å². The van der Waals surface area contributed by atoms with Crippen molar-refractivity contribution >= 4 is 33.6 Å². The highest BCUT2D eigenvalue weighted by atomic mass is 79.9. The fourth-order valence-corrected chi connectivity index (χ4v) is 2.35. The summed E-state index contributed by atoms with van der Waals surface area (Å²) in [4.78, 5) is 29.9. The van der Waals surface area contributed by atoms with E-state index in [1.165, 1.54) is 4.90 Å². The zero-order valence-electron chi connectivity index (χ0n) is 12.8. The SMILES string of the molecule is CC(C)CCOC(=O)C(C)N1C(=O)COc2ccc(Br)nc21. The van der Waals surface area contributed by atoms with Gasteiger partial charge < -0.3 is 9.47 Å². The van der Waals surface area contributed by atoms with Crippen LogP contribution in [0.15, 0.2) is 16.7 Å². The van der Waals surface area contributed by atoms with Crippen LogP contribution in [0.4, 0.5) is 5.82 Å². The summed E-state index contributed by atoms with van der Waals surface area (Å²) < 4.78 is 11.1.